The van der Waals surface area contributed by atoms with Gasteiger partial charge in [0.1, 0.15) is 78.0 Å². The van der Waals surface area contributed by atoms with Crippen LogP contribution >= 0.6 is 25.3 Å². The number of fused-ring (bicyclic) bond motifs is 2. The number of nitrogens with zero attached hydrogens (tertiary/aromatic N) is 1. The third kappa shape index (κ3) is 25.8. The summed E-state index contributed by atoms with van der Waals surface area (Å²) < 4.78 is 0. The number of hydrogen-bond acceptors (Lipinski definition) is 22. The smallest absolute Gasteiger partial charge is 0.245 e. The lowest BCUT2D eigenvalue weighted by atomic mass is 10.0. The lowest BCUT2D eigenvalue weighted by Crippen LogP contribution is -2.64. The van der Waals surface area contributed by atoms with Gasteiger partial charge in [0.25, 0.3) is 0 Å². The van der Waals surface area contributed by atoms with Gasteiger partial charge in [-0.3, -0.25) is 67.1 Å². The van der Waals surface area contributed by atoms with Gasteiger partial charge in [-0.2, -0.15) is 25.3 Å². The average Bonchev–Trinajstić information content (AvgIpc) is 1.63. The van der Waals surface area contributed by atoms with Crippen molar-refractivity contribution in [3.05, 3.63) is 150 Å². The standard InChI is InChI=1S/C73H92N18O19S2/c1-35(92)60(89-68(105)54(26-42-29-78-49-12-8-6-10-47(42)49)87-71(108)61(36(2)93)91-73(110)62(37(3)94)90-70(107)56(32-111)81-38(4)95)72(109)88-57(33-112)69(106)84-52(24-40-15-19-45(97)20-16-40)65(102)85-53(25-41-28-77-48-11-7-5-9-46(41)48)66(103)86-55(27-43-30-76-34-80-43)67(104)82-50(21-22-58(74)98)64(101)83-51(63(100)79-31-59(75)99)23-39-13-17-44(96)18-14-39/h5-20,28-30,34-37,50-57,60-62,77-78,92-94,96-97,111-112H,21-27,31-33H2,1-4H3,(H2,74,98)(H2,75,99)(H,76,80)(H,79,100)(H,81,95)(H,82,104)(H,83,101)(H,84,106)(H,85,102)(H,86,103)(H,87,108)(H,88,109)(H,89,105)(H,90,107)(H,91,110)/t35-,36-,37-,50+,51+,52+,53+,54+,55+,56+,57+,60+,61+,62+/m1/s1. The van der Waals surface area contributed by atoms with E-state index >= 15 is 9.59 Å². The topological polar surface area (TPSA) is 597 Å². The lowest BCUT2D eigenvalue weighted by molar-refractivity contribution is -0.138. The Labute approximate surface area is 651 Å². The minimum absolute atomic E-state index is 0.109. The highest BCUT2D eigenvalue weighted by Gasteiger charge is 2.40. The number of thiol groups is 2. The Hall–Kier alpha value is -12.1. The molecule has 0 aliphatic carbocycles. The Morgan fingerprint density at radius 1 is 0.411 bits per heavy atom. The van der Waals surface area contributed by atoms with Crippen LogP contribution in [-0.2, 0) is 99.2 Å². The fourth-order valence-electron chi connectivity index (χ4n) is 11.8. The highest BCUT2D eigenvalue weighted by atomic mass is 32.1. The van der Waals surface area contributed by atoms with Gasteiger partial charge in [0.15, 0.2) is 0 Å². The number of H-pyrrole nitrogens is 3. The van der Waals surface area contributed by atoms with Crippen molar-refractivity contribution in [3.63, 3.8) is 0 Å². The first kappa shape index (κ1) is 87.2. The molecule has 24 N–H and O–H groups in total. The number of benzene rings is 4. The van der Waals surface area contributed by atoms with E-state index in [-0.39, 0.29) is 55.0 Å². The second kappa shape index (κ2) is 41.6. The number of phenols is 2. The van der Waals surface area contributed by atoms with Crippen molar-refractivity contribution in [2.75, 3.05) is 18.1 Å². The Kier molecular flexibility index (Phi) is 32.4. The first-order valence-corrected chi connectivity index (χ1v) is 36.5. The van der Waals surface area contributed by atoms with Gasteiger partial charge in [0.2, 0.25) is 82.7 Å². The Morgan fingerprint density at radius 3 is 1.17 bits per heavy atom. The number of aliphatic hydroxyl groups is 3. The molecule has 0 bridgehead atoms. The van der Waals surface area contributed by atoms with Crippen LogP contribution in [-0.4, -0.2) is 231 Å². The summed E-state index contributed by atoms with van der Waals surface area (Å²) in [7, 11) is 0. The number of carbonyl (C=O) groups excluding carboxylic acids is 14. The van der Waals surface area contributed by atoms with E-state index in [1.54, 1.807) is 54.7 Å². The first-order chi connectivity index (χ1) is 53.2. The number of aromatic hydroxyl groups is 2. The summed E-state index contributed by atoms with van der Waals surface area (Å²) in [5.74, 6) is -15.2. The van der Waals surface area contributed by atoms with Gasteiger partial charge in [-0.25, -0.2) is 4.98 Å². The molecule has 0 unspecified atom stereocenters. The number of phenolic OH excluding ortho intramolecular Hbond substituents is 2. The summed E-state index contributed by atoms with van der Waals surface area (Å²) in [6, 6.07) is 6.37. The maximum absolute atomic E-state index is 15.2. The van der Waals surface area contributed by atoms with Gasteiger partial charge >= 0.3 is 0 Å². The van der Waals surface area contributed by atoms with Gasteiger partial charge < -0.3 is 116 Å². The zero-order chi connectivity index (χ0) is 82.0. The molecule has 7 aromatic rings. The second-order valence-corrected chi connectivity index (χ2v) is 27.3. The van der Waals surface area contributed by atoms with Crippen molar-refractivity contribution in [3.8, 4) is 11.5 Å². The number of aromatic nitrogens is 4. The van der Waals surface area contributed by atoms with Gasteiger partial charge in [0.05, 0.1) is 31.2 Å². The minimum atomic E-state index is -1.95. The summed E-state index contributed by atoms with van der Waals surface area (Å²) in [5.41, 5.74) is 13.9. The average molecular weight is 1590 g/mol. The van der Waals surface area contributed by atoms with Crippen molar-refractivity contribution < 1.29 is 92.7 Å². The maximum atomic E-state index is 15.2. The number of nitrogens with two attached hydrogens (primary N) is 2. The molecule has 14 amide bonds. The highest BCUT2D eigenvalue weighted by molar-refractivity contribution is 7.80. The van der Waals surface area contributed by atoms with Crippen molar-refractivity contribution in [1.29, 1.82) is 0 Å². The predicted octanol–water partition coefficient (Wildman–Crippen LogP) is -4.48. The van der Waals surface area contributed by atoms with Crippen molar-refractivity contribution >= 4 is 130 Å². The SMILES string of the molecule is CC(=O)N[C@@H](CS)C(=O)N[C@H](C(=O)N[C@H](C(=O)N[C@@H](Cc1c[nH]c2ccccc12)C(=O)N[C@H](C(=O)N[C@@H](CS)C(=O)N[C@@H](Cc1ccc(O)cc1)C(=O)N[C@@H](Cc1c[nH]c2ccccc12)C(=O)N[C@@H](Cc1cnc[nH]1)C(=O)N[C@@H](CCC(N)=O)C(=O)N[C@@H](Cc1ccc(O)cc1)C(=O)NCC(N)=O)[C@@H](C)O)[C@@H](C)O)[C@@H](C)O. The number of rotatable bonds is 42. The van der Waals surface area contributed by atoms with Gasteiger partial charge in [-0.05, 0) is 85.8 Å². The lowest BCUT2D eigenvalue weighted by Gasteiger charge is -2.29. The Morgan fingerprint density at radius 2 is 0.759 bits per heavy atom. The molecule has 0 aliphatic rings. The van der Waals surface area contributed by atoms with E-state index in [1.807, 2.05) is 0 Å². The molecule has 39 heteroatoms. The van der Waals surface area contributed by atoms with E-state index in [0.29, 0.717) is 44.1 Å². The number of imidazole rings is 1. The summed E-state index contributed by atoms with van der Waals surface area (Å²) in [6.45, 7) is 3.89. The van der Waals surface area contributed by atoms with E-state index in [4.69, 9.17) is 11.5 Å². The highest BCUT2D eigenvalue weighted by Crippen LogP contribution is 2.23. The predicted molar refractivity (Wildman–Crippen MR) is 410 cm³/mol. The molecule has 0 saturated heterocycles. The molecular formula is C73H92N18O19S2. The number of carbonyl (C=O) groups is 14. The number of amides is 14. The van der Waals surface area contributed by atoms with Crippen LogP contribution < -0.4 is 75.3 Å². The van der Waals surface area contributed by atoms with Crippen molar-refractivity contribution in [1.82, 2.24) is 83.7 Å². The Bertz CT molecular complexity index is 4480. The van der Waals surface area contributed by atoms with E-state index < -0.39 is 193 Å². The van der Waals surface area contributed by atoms with Crippen LogP contribution in [0.3, 0.4) is 0 Å². The summed E-state index contributed by atoms with van der Waals surface area (Å²) in [4.78, 5) is 207. The molecule has 4 aromatic carbocycles. The summed E-state index contributed by atoms with van der Waals surface area (Å²) in [5, 5.41) is 83.8. The molecule has 14 atom stereocenters. The molecule has 0 spiro atoms. The fourth-order valence-corrected chi connectivity index (χ4v) is 12.3. The Balaban J connectivity index is 1.15. The van der Waals surface area contributed by atoms with Crippen LogP contribution in [0.4, 0.5) is 0 Å². The summed E-state index contributed by atoms with van der Waals surface area (Å²) in [6.07, 6.45) is -1.99. The van der Waals surface area contributed by atoms with Crippen LogP contribution in [0.25, 0.3) is 21.8 Å². The van der Waals surface area contributed by atoms with Crippen LogP contribution in [0.2, 0.25) is 0 Å². The monoisotopic (exact) mass is 1590 g/mol. The number of primary amides is 2. The molecule has 7 rings (SSSR count). The van der Waals surface area contributed by atoms with E-state index in [9.17, 15) is 83.1 Å². The molecule has 112 heavy (non-hydrogen) atoms. The summed E-state index contributed by atoms with van der Waals surface area (Å²) >= 11 is 8.42. The normalized spacial score (nSPS) is 15.0. The largest absolute Gasteiger partial charge is 0.508 e. The fraction of sp³-hybridized carbons (Fsp3) is 0.384. The molecule has 600 valence electrons. The van der Waals surface area contributed by atoms with Gasteiger partial charge in [-0.1, -0.05) is 60.7 Å². The second-order valence-electron chi connectivity index (χ2n) is 26.6. The molecule has 37 nitrogen and oxygen atoms in total. The molecule has 0 saturated carbocycles. The maximum Gasteiger partial charge on any atom is 0.245 e. The number of para-hydroxylation sites is 2. The number of nitrogens with one attached hydrogen (secondary N) is 15. The molecule has 3 heterocycles. The molecule has 3 aromatic heterocycles. The van der Waals surface area contributed by atoms with Crippen LogP contribution in [0.1, 0.15) is 68.5 Å². The van der Waals surface area contributed by atoms with Gasteiger partial charge in [0, 0.05) is 103 Å². The number of aliphatic hydroxyl groups excluding tert-OH is 3. The minimum Gasteiger partial charge on any atom is -0.508 e. The zero-order valence-electron chi connectivity index (χ0n) is 61.1. The van der Waals surface area contributed by atoms with Crippen LogP contribution in [0, 0.1) is 0 Å². The van der Waals surface area contributed by atoms with Gasteiger partial charge in [-0.15, -0.1) is 0 Å². The van der Waals surface area contributed by atoms with Crippen LogP contribution in [0.15, 0.2) is 122 Å². The quantitative estimate of drug-likeness (QED) is 0.0160. The molecule has 0 aliphatic heterocycles. The third-order valence-corrected chi connectivity index (χ3v) is 18.5. The molecule has 0 radical (unpaired) electrons. The van der Waals surface area contributed by atoms with E-state index in [1.165, 1.54) is 67.3 Å². The number of hydrogen-bond donors (Lipinski definition) is 24. The first-order valence-electron chi connectivity index (χ1n) is 35.3. The molecule has 0 fully saturated rings. The van der Waals surface area contributed by atoms with Crippen LogP contribution in [0.5, 0.6) is 11.5 Å². The van der Waals surface area contributed by atoms with Crippen molar-refractivity contribution in [2.45, 2.75) is 157 Å². The zero-order valence-corrected chi connectivity index (χ0v) is 62.9. The van der Waals surface area contributed by atoms with E-state index in [0.717, 1.165) is 27.7 Å². The third-order valence-electron chi connectivity index (χ3n) is 17.7. The number of aromatic amines is 3. The molecular weight excluding hydrogens is 1500 g/mol. The van der Waals surface area contributed by atoms with Crippen molar-refractivity contribution in [2.24, 2.45) is 11.5 Å². The van der Waals surface area contributed by atoms with E-state index in [2.05, 4.69) is 109 Å².